The van der Waals surface area contributed by atoms with Gasteiger partial charge in [0.05, 0.1) is 0 Å². The fraction of sp³-hybridized carbons (Fsp3) is 0.611. The summed E-state index contributed by atoms with van der Waals surface area (Å²) < 4.78 is 0. The highest BCUT2D eigenvalue weighted by Gasteiger charge is 2.00. The van der Waals surface area contributed by atoms with Crippen molar-refractivity contribution in [1.29, 1.82) is 0 Å². The van der Waals surface area contributed by atoms with E-state index >= 15 is 0 Å². The van der Waals surface area contributed by atoms with Crippen LogP contribution in [0.4, 0.5) is 0 Å². The molecule has 1 amide bonds. The lowest BCUT2D eigenvalue weighted by atomic mass is 10.1. The molecule has 114 valence electrons. The summed E-state index contributed by atoms with van der Waals surface area (Å²) in [6.07, 6.45) is 11.6. The summed E-state index contributed by atoms with van der Waals surface area (Å²) in [4.78, 5) is 13.1. The molecule has 0 N–H and O–H groups in total. The van der Waals surface area contributed by atoms with Gasteiger partial charge < -0.3 is 4.90 Å². The van der Waals surface area contributed by atoms with Crippen LogP contribution in [0.15, 0.2) is 34.9 Å². The Morgan fingerprint density at radius 1 is 0.850 bits per heavy atom. The zero-order valence-corrected chi connectivity index (χ0v) is 14.1. The summed E-state index contributed by atoms with van der Waals surface area (Å²) in [5, 5.41) is 0. The van der Waals surface area contributed by atoms with E-state index in [2.05, 4.69) is 45.9 Å². The Hall–Kier alpha value is -1.31. The zero-order valence-electron chi connectivity index (χ0n) is 14.1. The molecule has 2 nitrogen and oxygen atoms in total. The number of amides is 1. The Balaban J connectivity index is 4.00. The maximum Gasteiger partial charge on any atom is 0.225 e. The zero-order chi connectivity index (χ0) is 15.5. The van der Waals surface area contributed by atoms with Crippen LogP contribution in [-0.2, 0) is 4.79 Å². The molecule has 0 unspecified atom stereocenters. The van der Waals surface area contributed by atoms with E-state index in [4.69, 9.17) is 0 Å². The van der Waals surface area contributed by atoms with Gasteiger partial charge in [-0.25, -0.2) is 0 Å². The molecular weight excluding hydrogens is 246 g/mol. The summed E-state index contributed by atoms with van der Waals surface area (Å²) in [5.41, 5.74) is 4.15. The lowest BCUT2D eigenvalue weighted by Crippen LogP contribution is -2.20. The fourth-order valence-corrected chi connectivity index (χ4v) is 1.78. The summed E-state index contributed by atoms with van der Waals surface area (Å²) >= 11 is 0. The number of carbonyl (C=O) groups excluding carboxylic acids is 1. The largest absolute Gasteiger partial charge is 0.349 e. The quantitative estimate of drug-likeness (QED) is 0.579. The number of rotatable bonds is 8. The highest BCUT2D eigenvalue weighted by atomic mass is 16.2. The molecule has 0 aliphatic carbocycles. The standard InChI is InChI=1S/C18H31NO/c1-15(2)9-7-10-16(3)11-8-12-17(4)13-14-18(20)19(5)6/h9,11,13H,7-8,10,12,14H2,1-6H3/b16-11+,17-13-. The van der Waals surface area contributed by atoms with Crippen LogP contribution in [0.2, 0.25) is 0 Å². The highest BCUT2D eigenvalue weighted by Crippen LogP contribution is 2.11. The molecule has 0 bridgehead atoms. The first-order valence-corrected chi connectivity index (χ1v) is 7.47. The Morgan fingerprint density at radius 2 is 1.35 bits per heavy atom. The van der Waals surface area contributed by atoms with E-state index in [0.717, 1.165) is 25.7 Å². The summed E-state index contributed by atoms with van der Waals surface area (Å²) in [6, 6.07) is 0. The second-order valence-corrected chi connectivity index (χ2v) is 5.95. The molecule has 0 atom stereocenters. The first-order valence-electron chi connectivity index (χ1n) is 7.47. The Bertz CT molecular complexity index is 382. The molecule has 0 aromatic rings. The van der Waals surface area contributed by atoms with E-state index in [1.165, 1.54) is 16.7 Å². The molecule has 0 fully saturated rings. The maximum atomic E-state index is 11.5. The third-order valence-corrected chi connectivity index (χ3v) is 3.25. The third-order valence-electron chi connectivity index (χ3n) is 3.25. The highest BCUT2D eigenvalue weighted by molar-refractivity contribution is 5.77. The molecule has 0 aromatic carbocycles. The fourth-order valence-electron chi connectivity index (χ4n) is 1.78. The van der Waals surface area contributed by atoms with E-state index in [0.29, 0.717) is 6.42 Å². The van der Waals surface area contributed by atoms with Crippen molar-refractivity contribution in [3.63, 3.8) is 0 Å². The molecule has 0 aliphatic heterocycles. The van der Waals surface area contributed by atoms with Crippen molar-refractivity contribution in [2.75, 3.05) is 14.1 Å². The van der Waals surface area contributed by atoms with Gasteiger partial charge in [-0.05, 0) is 53.4 Å². The van der Waals surface area contributed by atoms with Crippen LogP contribution in [0.3, 0.4) is 0 Å². The number of carbonyl (C=O) groups is 1. The third kappa shape index (κ3) is 10.6. The molecule has 0 saturated carbocycles. The van der Waals surface area contributed by atoms with E-state index in [9.17, 15) is 4.79 Å². The van der Waals surface area contributed by atoms with Crippen molar-refractivity contribution in [1.82, 2.24) is 4.90 Å². The lowest BCUT2D eigenvalue weighted by molar-refractivity contribution is -0.127. The lowest BCUT2D eigenvalue weighted by Gasteiger charge is -2.08. The average molecular weight is 277 g/mol. The van der Waals surface area contributed by atoms with Gasteiger partial charge in [0, 0.05) is 20.5 Å². The van der Waals surface area contributed by atoms with Gasteiger partial charge in [0.25, 0.3) is 0 Å². The molecule has 0 radical (unpaired) electrons. The average Bonchev–Trinajstić information content (AvgIpc) is 2.35. The second-order valence-electron chi connectivity index (χ2n) is 5.95. The van der Waals surface area contributed by atoms with Gasteiger partial charge in [0.15, 0.2) is 0 Å². The molecule has 0 aliphatic rings. The van der Waals surface area contributed by atoms with Gasteiger partial charge >= 0.3 is 0 Å². The van der Waals surface area contributed by atoms with Crippen LogP contribution in [0.1, 0.15) is 59.8 Å². The van der Waals surface area contributed by atoms with E-state index in [1.807, 2.05) is 0 Å². The molecule has 0 saturated heterocycles. The monoisotopic (exact) mass is 277 g/mol. The predicted molar refractivity (Wildman–Crippen MR) is 88.7 cm³/mol. The minimum Gasteiger partial charge on any atom is -0.349 e. The van der Waals surface area contributed by atoms with Crippen molar-refractivity contribution >= 4 is 5.91 Å². The minimum absolute atomic E-state index is 0.165. The number of hydrogen-bond acceptors (Lipinski definition) is 1. The van der Waals surface area contributed by atoms with Crippen LogP contribution in [0.25, 0.3) is 0 Å². The predicted octanol–water partition coefficient (Wildman–Crippen LogP) is 4.88. The van der Waals surface area contributed by atoms with Crippen molar-refractivity contribution < 1.29 is 4.79 Å². The van der Waals surface area contributed by atoms with E-state index in [-0.39, 0.29) is 5.91 Å². The van der Waals surface area contributed by atoms with Crippen molar-refractivity contribution in [2.24, 2.45) is 0 Å². The minimum atomic E-state index is 0.165. The first kappa shape index (κ1) is 18.7. The van der Waals surface area contributed by atoms with Crippen molar-refractivity contribution in [2.45, 2.75) is 59.8 Å². The number of allylic oxidation sites excluding steroid dienone is 5. The molecule has 0 rings (SSSR count). The smallest absolute Gasteiger partial charge is 0.225 e. The Labute approximate surface area is 125 Å². The molecule has 0 heterocycles. The summed E-state index contributed by atoms with van der Waals surface area (Å²) in [5.74, 6) is 0.165. The SMILES string of the molecule is CC(C)=CCC/C(C)=C/CC/C(C)=C\CC(=O)N(C)C. The van der Waals surface area contributed by atoms with Crippen LogP contribution in [-0.4, -0.2) is 24.9 Å². The molecule has 0 spiro atoms. The maximum absolute atomic E-state index is 11.5. The molecule has 20 heavy (non-hydrogen) atoms. The van der Waals surface area contributed by atoms with Crippen LogP contribution >= 0.6 is 0 Å². The Kier molecular flexibility index (Phi) is 9.79. The van der Waals surface area contributed by atoms with Crippen LogP contribution in [0.5, 0.6) is 0 Å². The van der Waals surface area contributed by atoms with Crippen LogP contribution in [0, 0.1) is 0 Å². The summed E-state index contributed by atoms with van der Waals surface area (Å²) in [7, 11) is 3.59. The normalized spacial score (nSPS) is 12.3. The number of nitrogens with zero attached hydrogens (tertiary/aromatic N) is 1. The molecular formula is C18H31NO. The second kappa shape index (κ2) is 10.5. The summed E-state index contributed by atoms with van der Waals surface area (Å²) in [6.45, 7) is 8.59. The molecule has 0 aromatic heterocycles. The van der Waals surface area contributed by atoms with E-state index in [1.54, 1.807) is 19.0 Å². The van der Waals surface area contributed by atoms with Gasteiger partial charge in [0.1, 0.15) is 0 Å². The van der Waals surface area contributed by atoms with Gasteiger partial charge in [-0.1, -0.05) is 34.9 Å². The van der Waals surface area contributed by atoms with E-state index < -0.39 is 0 Å². The van der Waals surface area contributed by atoms with Gasteiger partial charge in [0.2, 0.25) is 5.91 Å². The topological polar surface area (TPSA) is 20.3 Å². The van der Waals surface area contributed by atoms with Crippen molar-refractivity contribution in [3.05, 3.63) is 34.9 Å². The molecule has 2 heteroatoms. The van der Waals surface area contributed by atoms with Crippen molar-refractivity contribution in [3.8, 4) is 0 Å². The Morgan fingerprint density at radius 3 is 1.85 bits per heavy atom. The van der Waals surface area contributed by atoms with Gasteiger partial charge in [-0.15, -0.1) is 0 Å². The van der Waals surface area contributed by atoms with Crippen LogP contribution < -0.4 is 0 Å². The first-order chi connectivity index (χ1) is 9.32. The van der Waals surface area contributed by atoms with Gasteiger partial charge in [-0.3, -0.25) is 4.79 Å². The number of hydrogen-bond donors (Lipinski definition) is 0. The van der Waals surface area contributed by atoms with Gasteiger partial charge in [-0.2, -0.15) is 0 Å².